The van der Waals surface area contributed by atoms with Crippen molar-refractivity contribution in [2.45, 2.75) is 12.5 Å². The normalized spacial score (nSPS) is 15.8. The first kappa shape index (κ1) is 11.2. The maximum Gasteiger partial charge on any atom is 0.248 e. The Balaban J connectivity index is 2.32. The Hall–Kier alpha value is -1.26. The van der Waals surface area contributed by atoms with Gasteiger partial charge in [0.15, 0.2) is 0 Å². The molecule has 2 rings (SSSR count). The van der Waals surface area contributed by atoms with Crippen molar-refractivity contribution in [3.63, 3.8) is 0 Å². The van der Waals surface area contributed by atoms with Crippen LogP contribution in [-0.4, -0.2) is 17.7 Å². The van der Waals surface area contributed by atoms with Gasteiger partial charge >= 0.3 is 0 Å². The molecular weight excluding hydrogens is 220 g/mol. The second-order valence-electron chi connectivity index (χ2n) is 3.71. The number of amides is 1. The summed E-state index contributed by atoms with van der Waals surface area (Å²) in [6.45, 7) is 0. The summed E-state index contributed by atoms with van der Waals surface area (Å²) in [5, 5.41) is 0. The van der Waals surface area contributed by atoms with Gasteiger partial charge in [0.05, 0.1) is 11.7 Å². The van der Waals surface area contributed by atoms with Crippen molar-refractivity contribution in [3.05, 3.63) is 42.1 Å². The lowest BCUT2D eigenvalue weighted by atomic mass is 10.1. The summed E-state index contributed by atoms with van der Waals surface area (Å²) in [7, 11) is 0. The smallest absolute Gasteiger partial charge is 0.248 e. The minimum atomic E-state index is -0.556. The van der Waals surface area contributed by atoms with Gasteiger partial charge in [-0.1, -0.05) is 24.3 Å². The van der Waals surface area contributed by atoms with Crippen molar-refractivity contribution in [1.82, 2.24) is 0 Å². The molecule has 1 aliphatic heterocycles. The van der Waals surface area contributed by atoms with Crippen LogP contribution < -0.4 is 10.6 Å². The number of thiol groups is 1. The largest absolute Gasteiger partial charge is 0.319 e. The van der Waals surface area contributed by atoms with E-state index in [2.05, 4.69) is 12.6 Å². The minimum absolute atomic E-state index is 0.113. The fourth-order valence-corrected chi connectivity index (χ4v) is 1.89. The van der Waals surface area contributed by atoms with E-state index in [0.717, 1.165) is 17.7 Å². The van der Waals surface area contributed by atoms with E-state index in [0.29, 0.717) is 5.75 Å². The first-order valence-corrected chi connectivity index (χ1v) is 5.81. The molecule has 0 fully saturated rings. The van der Waals surface area contributed by atoms with Gasteiger partial charge in [0, 0.05) is 12.0 Å². The lowest BCUT2D eigenvalue weighted by molar-refractivity contribution is -0.118. The van der Waals surface area contributed by atoms with Gasteiger partial charge in [-0.3, -0.25) is 9.69 Å². The highest BCUT2D eigenvalue weighted by Crippen LogP contribution is 2.25. The van der Waals surface area contributed by atoms with Gasteiger partial charge in [0.25, 0.3) is 0 Å². The zero-order valence-corrected chi connectivity index (χ0v) is 9.73. The molecule has 16 heavy (non-hydrogen) atoms. The Bertz CT molecular complexity index is 431. The Morgan fingerprint density at radius 2 is 2.25 bits per heavy atom. The second-order valence-corrected chi connectivity index (χ2v) is 4.08. The highest BCUT2D eigenvalue weighted by molar-refractivity contribution is 7.80. The second kappa shape index (κ2) is 4.72. The number of fused-ring (bicyclic) bond motifs is 1. The predicted molar refractivity (Wildman–Crippen MR) is 68.6 cm³/mol. The molecule has 3 nitrogen and oxygen atoms in total. The van der Waals surface area contributed by atoms with Gasteiger partial charge in [0.1, 0.15) is 0 Å². The molecule has 84 valence electrons. The number of nitrogens with zero attached hydrogens (tertiary/aromatic N) is 1. The molecular formula is C12H14N2OS. The molecule has 4 heteroatoms. The topological polar surface area (TPSA) is 46.3 Å². The molecule has 1 atom stereocenters. The Labute approximate surface area is 100 Å². The van der Waals surface area contributed by atoms with Crippen LogP contribution in [0.1, 0.15) is 5.56 Å². The first-order chi connectivity index (χ1) is 7.74. The fourth-order valence-electron chi connectivity index (χ4n) is 1.73. The van der Waals surface area contributed by atoms with Gasteiger partial charge in [-0.2, -0.15) is 12.6 Å². The number of allylic oxidation sites excluding steroid dienone is 1. The molecule has 0 saturated carbocycles. The fraction of sp³-hybridized carbons (Fsp3) is 0.250. The van der Waals surface area contributed by atoms with Crippen LogP contribution >= 0.6 is 12.6 Å². The molecule has 0 saturated heterocycles. The number of carbonyl (C=O) groups is 1. The molecule has 1 aromatic rings. The van der Waals surface area contributed by atoms with Crippen molar-refractivity contribution < 1.29 is 4.79 Å². The monoisotopic (exact) mass is 234 g/mol. The molecule has 1 aromatic carbocycles. The van der Waals surface area contributed by atoms with Crippen LogP contribution in [0, 0.1) is 0 Å². The van der Waals surface area contributed by atoms with E-state index in [1.54, 1.807) is 11.1 Å². The molecule has 1 heterocycles. The zero-order chi connectivity index (χ0) is 11.5. The maximum absolute atomic E-state index is 12.0. The van der Waals surface area contributed by atoms with Gasteiger partial charge < -0.3 is 5.73 Å². The number of hydrogen-bond donors (Lipinski definition) is 2. The Morgan fingerprint density at radius 3 is 3.00 bits per heavy atom. The van der Waals surface area contributed by atoms with Crippen LogP contribution in [0.15, 0.2) is 36.5 Å². The summed E-state index contributed by atoms with van der Waals surface area (Å²) >= 11 is 4.05. The number of nitrogens with two attached hydrogens (primary N) is 1. The summed E-state index contributed by atoms with van der Waals surface area (Å²) in [6, 6.07) is 7.29. The highest BCUT2D eigenvalue weighted by atomic mass is 32.1. The molecule has 0 bridgehead atoms. The summed E-state index contributed by atoms with van der Waals surface area (Å²) < 4.78 is 0. The van der Waals surface area contributed by atoms with Crippen molar-refractivity contribution in [2.24, 2.45) is 5.73 Å². The number of hydrogen-bond acceptors (Lipinski definition) is 3. The Morgan fingerprint density at radius 1 is 1.50 bits per heavy atom. The molecule has 0 aromatic heterocycles. The van der Waals surface area contributed by atoms with Gasteiger partial charge in [-0.05, 0) is 18.1 Å². The third-order valence-corrected chi connectivity index (χ3v) is 2.99. The van der Waals surface area contributed by atoms with Crippen molar-refractivity contribution in [1.29, 1.82) is 0 Å². The van der Waals surface area contributed by atoms with Crippen LogP contribution in [0.4, 0.5) is 5.69 Å². The maximum atomic E-state index is 12.0. The number of rotatable bonds is 2. The molecule has 0 radical (unpaired) electrons. The third kappa shape index (κ3) is 1.99. The van der Waals surface area contributed by atoms with Crippen molar-refractivity contribution in [2.75, 3.05) is 10.7 Å². The van der Waals surface area contributed by atoms with E-state index in [9.17, 15) is 4.79 Å². The van der Waals surface area contributed by atoms with Crippen LogP contribution in [0.5, 0.6) is 0 Å². The van der Waals surface area contributed by atoms with Gasteiger partial charge in [-0.15, -0.1) is 0 Å². The van der Waals surface area contributed by atoms with E-state index in [4.69, 9.17) is 5.73 Å². The third-order valence-electron chi connectivity index (χ3n) is 2.59. The van der Waals surface area contributed by atoms with Gasteiger partial charge in [0.2, 0.25) is 5.91 Å². The first-order valence-electron chi connectivity index (χ1n) is 5.18. The predicted octanol–water partition coefficient (Wildman–Crippen LogP) is 1.35. The number of anilines is 1. The summed E-state index contributed by atoms with van der Waals surface area (Å²) in [5.74, 6) is 0.240. The minimum Gasteiger partial charge on any atom is -0.319 e. The van der Waals surface area contributed by atoms with E-state index < -0.39 is 6.04 Å². The van der Waals surface area contributed by atoms with Crippen molar-refractivity contribution in [3.8, 4) is 0 Å². The molecule has 1 amide bonds. The lowest BCUT2D eigenvalue weighted by Gasteiger charge is -2.26. The number of para-hydroxylation sites is 1. The molecule has 0 spiro atoms. The average molecular weight is 234 g/mol. The van der Waals surface area contributed by atoms with Crippen molar-refractivity contribution >= 4 is 24.2 Å². The number of benzene rings is 1. The molecule has 0 aliphatic carbocycles. The summed E-state index contributed by atoms with van der Waals surface area (Å²) in [4.78, 5) is 13.6. The number of carbonyl (C=O) groups excluding carboxylic acids is 1. The van der Waals surface area contributed by atoms with Crippen LogP contribution in [0.3, 0.4) is 0 Å². The van der Waals surface area contributed by atoms with E-state index in [1.807, 2.05) is 30.3 Å². The molecule has 1 aliphatic rings. The molecule has 0 unspecified atom stereocenters. The van der Waals surface area contributed by atoms with Crippen LogP contribution in [-0.2, 0) is 11.2 Å². The van der Waals surface area contributed by atoms with Gasteiger partial charge in [-0.25, -0.2) is 0 Å². The summed E-state index contributed by atoms with van der Waals surface area (Å²) in [5.41, 5.74) is 7.77. The average Bonchev–Trinajstić information content (AvgIpc) is 2.36. The summed E-state index contributed by atoms with van der Waals surface area (Å²) in [6.07, 6.45) is 4.61. The highest BCUT2D eigenvalue weighted by Gasteiger charge is 2.22. The lowest BCUT2D eigenvalue weighted by Crippen LogP contribution is -2.43. The quantitative estimate of drug-likeness (QED) is 0.759. The van der Waals surface area contributed by atoms with E-state index in [-0.39, 0.29) is 5.91 Å². The molecule has 2 N–H and O–H groups in total. The van der Waals surface area contributed by atoms with Crippen LogP contribution in [0.25, 0.3) is 0 Å². The van der Waals surface area contributed by atoms with E-state index >= 15 is 0 Å². The Kier molecular flexibility index (Phi) is 3.31. The SMILES string of the molecule is N[C@@H](CS)C(=O)N1C=CCc2ccccc21. The zero-order valence-electron chi connectivity index (χ0n) is 8.84. The standard InChI is InChI=1S/C12H14N2OS/c13-10(8-16)12(15)14-7-3-5-9-4-1-2-6-11(9)14/h1-4,6-7,10,16H,5,8,13H2/t10-/m0/s1. The van der Waals surface area contributed by atoms with Crippen LogP contribution in [0.2, 0.25) is 0 Å². The van der Waals surface area contributed by atoms with E-state index in [1.165, 1.54) is 0 Å².